The van der Waals surface area contributed by atoms with Crippen LogP contribution in [0.1, 0.15) is 278 Å². The SMILES string of the molecule is CC(C)(C)OC(=O)Nc1cn(C2CCC(C=O)CC2)nc1C(F)F.CC(C)(C)OC(=O)Nc1cn(C2CCC(CCCCCCCN)CC2)nc1C(F)F.CCO.[Br-].[C-]#[N+]CCCC/C=C/C1CCC(n2cc(NC(=O)OC(C)(C)C)c(C(F)F)n2)CC1.[C-]#[N+]CCCCC[P+](c1ccccc1)(c1ccccc1)c1ccccc1. The van der Waals surface area contributed by atoms with E-state index in [0.29, 0.717) is 50.6 Å². The maximum atomic E-state index is 13.4. The summed E-state index contributed by atoms with van der Waals surface area (Å²) in [5.41, 5.74) is 2.06. The molecule has 0 aliphatic heterocycles. The van der Waals surface area contributed by atoms with Crippen LogP contribution in [0, 0.1) is 30.9 Å². The normalized spacial score (nSPS) is 17.6. The molecule has 114 heavy (non-hydrogen) atoms. The van der Waals surface area contributed by atoms with E-state index in [2.05, 4.69) is 144 Å². The van der Waals surface area contributed by atoms with Crippen molar-refractivity contribution in [1.29, 1.82) is 0 Å². The number of allylic oxidation sites excluding steroid dienone is 2. The molecular weight excluding hydrogens is 1550 g/mol. The Hall–Kier alpha value is -8.10. The molecule has 3 aliphatic carbocycles. The lowest BCUT2D eigenvalue weighted by molar-refractivity contribution is -0.112. The van der Waals surface area contributed by atoms with Crippen molar-refractivity contribution in [1.82, 2.24) is 29.3 Å². The molecule has 0 unspecified atom stereocenters. The monoisotopic (exact) mass is 1680 g/mol. The number of hydrogen-bond donors (Lipinski definition) is 5. The Labute approximate surface area is 683 Å². The Bertz CT molecular complexity index is 3740. The molecule has 3 saturated carbocycles. The molecule has 0 spiro atoms. The number of carbonyl (C=O) groups excluding carboxylic acids is 4. The first kappa shape index (κ1) is 98.3. The smallest absolute Gasteiger partial charge is 0.412 e. The van der Waals surface area contributed by atoms with Gasteiger partial charge < -0.3 is 56.5 Å². The van der Waals surface area contributed by atoms with E-state index in [1.54, 1.807) is 78.6 Å². The lowest BCUT2D eigenvalue weighted by Crippen LogP contribution is -3.00. The zero-order valence-electron chi connectivity index (χ0n) is 68.4. The highest BCUT2D eigenvalue weighted by Gasteiger charge is 2.45. The van der Waals surface area contributed by atoms with Crippen molar-refractivity contribution in [2.45, 2.75) is 278 Å². The number of nitrogens with two attached hydrogens (primary N) is 1. The molecule has 0 atom stereocenters. The molecule has 6 N–H and O–H groups in total. The van der Waals surface area contributed by atoms with Crippen LogP contribution >= 0.6 is 7.26 Å². The average molecular weight is 1680 g/mol. The number of ether oxygens (including phenoxy) is 3. The van der Waals surface area contributed by atoms with Gasteiger partial charge in [0.25, 0.3) is 19.3 Å². The van der Waals surface area contributed by atoms with Crippen LogP contribution in [-0.2, 0) is 19.0 Å². The van der Waals surface area contributed by atoms with Gasteiger partial charge in [-0.2, -0.15) is 15.3 Å². The molecule has 3 amide bonds. The zero-order valence-corrected chi connectivity index (χ0v) is 70.9. The molecule has 3 aromatic carbocycles. The van der Waals surface area contributed by atoms with E-state index in [9.17, 15) is 45.5 Å². The third-order valence-electron chi connectivity index (χ3n) is 19.4. The zero-order chi connectivity index (χ0) is 83.0. The standard InChI is InChI=1S/C24H25NP.C22H32F2N4O2.C22H38F2N4O2.C16H23F2N3O3.C2H6O.BrH/c1-25-20-12-5-13-21-26(22-14-6-2-7-15-22,23-16-8-3-9-17-23)24-18-10-4-11-19-24;1-22(2,3)30-21(29)26-18-15-28(27-19(18)20(23)24)17-12-10-16(11-13-17)9-7-5-6-8-14-25-4;1-22(2,3)30-21(29)26-18-15-28(27-19(18)20(23)24)17-12-10-16(11-13-17)9-7-5-4-6-8-14-25;1-16(2,3)24-15(23)19-12-8-21(20-13(12)14(17)18)11-6-4-10(9-22)5-7-11;1-2-3;/h2-4,6-11,14-19H,5,12-13,20-21H2;7,9,15-17,20H,5-6,8,10-14H2,1-3H3,(H,26,29);15-17,20H,4-14,25H2,1-3H3,(H,26,29);8-11,14H,4-7H2,1-3H3,(H,19,23);3H,2H2,1H3;1H/q+1;;;;;/p-1/b;9-7+;;;;. The van der Waals surface area contributed by atoms with E-state index < -0.39 is 78.7 Å². The highest BCUT2D eigenvalue weighted by Crippen LogP contribution is 2.56. The van der Waals surface area contributed by atoms with Gasteiger partial charge in [-0.15, -0.1) is 0 Å². The topological polar surface area (TPSA) is 240 Å². The molecule has 20 nitrogen and oxygen atoms in total. The van der Waals surface area contributed by atoms with Crippen LogP contribution in [0.3, 0.4) is 0 Å². The Morgan fingerprint density at radius 1 is 0.518 bits per heavy atom. The minimum Gasteiger partial charge on any atom is -1.00 e. The summed E-state index contributed by atoms with van der Waals surface area (Å²) in [5.74, 6) is 1.23. The number of hydrogen-bond acceptors (Lipinski definition) is 12. The molecule has 0 bridgehead atoms. The summed E-state index contributed by atoms with van der Waals surface area (Å²) >= 11 is 0. The van der Waals surface area contributed by atoms with E-state index >= 15 is 0 Å². The fourth-order valence-corrected chi connectivity index (χ4v) is 18.4. The Balaban J connectivity index is 0.000000316. The van der Waals surface area contributed by atoms with Crippen LogP contribution in [0.4, 0.5) is 57.8 Å². The van der Waals surface area contributed by atoms with Gasteiger partial charge in [0.1, 0.15) is 46.3 Å². The molecule has 6 aromatic rings. The predicted octanol–water partition coefficient (Wildman–Crippen LogP) is 18.9. The molecule has 0 radical (unpaired) electrons. The quantitative estimate of drug-likeness (QED) is 0.00538. The van der Waals surface area contributed by atoms with E-state index in [1.807, 2.05) is 0 Å². The number of aliphatic hydroxyl groups is 1. The predicted molar refractivity (Wildman–Crippen MR) is 439 cm³/mol. The number of anilines is 3. The first-order valence-electron chi connectivity index (χ1n) is 40.1. The summed E-state index contributed by atoms with van der Waals surface area (Å²) in [4.78, 5) is 53.4. The van der Waals surface area contributed by atoms with Crippen LogP contribution in [-0.4, -0.2) is 108 Å². The number of halogens is 7. The summed E-state index contributed by atoms with van der Waals surface area (Å²) in [5, 5.41) is 31.2. The number of alkyl halides is 6. The van der Waals surface area contributed by atoms with Gasteiger partial charge >= 0.3 is 18.3 Å². The highest BCUT2D eigenvalue weighted by molar-refractivity contribution is 7.95. The van der Waals surface area contributed by atoms with Gasteiger partial charge in [0.15, 0.2) is 17.1 Å². The average Bonchev–Trinajstić information content (AvgIpc) is 1.09. The minimum absolute atomic E-state index is 0. The van der Waals surface area contributed by atoms with E-state index in [1.165, 1.54) is 71.3 Å². The number of rotatable bonds is 30. The van der Waals surface area contributed by atoms with Crippen LogP contribution in [0.15, 0.2) is 122 Å². The van der Waals surface area contributed by atoms with Crippen molar-refractivity contribution < 1.29 is 81.8 Å². The lowest BCUT2D eigenvalue weighted by Gasteiger charge is -2.28. The Morgan fingerprint density at radius 2 is 0.842 bits per heavy atom. The molecule has 630 valence electrons. The van der Waals surface area contributed by atoms with E-state index in [0.717, 1.165) is 115 Å². The molecular formula is C86H124BrF6N12O8P. The molecule has 3 aliphatic rings. The summed E-state index contributed by atoms with van der Waals surface area (Å²) in [7, 11) is -1.68. The number of aldehydes is 1. The van der Waals surface area contributed by atoms with Gasteiger partial charge in [-0.1, -0.05) is 98.9 Å². The molecule has 9 rings (SSSR count). The molecule has 3 heterocycles. The molecule has 0 saturated heterocycles. The van der Waals surface area contributed by atoms with Crippen molar-refractivity contribution in [3.8, 4) is 0 Å². The Morgan fingerprint density at radius 3 is 1.18 bits per heavy atom. The maximum absolute atomic E-state index is 13.4. The van der Waals surface area contributed by atoms with E-state index in [4.69, 9.17) is 38.2 Å². The maximum Gasteiger partial charge on any atom is 0.412 e. The number of nitrogens with one attached hydrogen (secondary N) is 3. The number of nitrogens with zero attached hydrogens (tertiary/aromatic N) is 8. The number of aliphatic hydroxyl groups excluding tert-OH is 1. The number of amides is 3. The molecule has 3 aromatic heterocycles. The number of unbranched alkanes of at least 4 members (excludes halogenated alkanes) is 8. The number of carbonyl (C=O) groups is 4. The first-order valence-corrected chi connectivity index (χ1v) is 42.1. The van der Waals surface area contributed by atoms with Crippen molar-refractivity contribution in [2.75, 3.05) is 48.4 Å². The second-order valence-electron chi connectivity index (χ2n) is 31.9. The van der Waals surface area contributed by atoms with Gasteiger partial charge in [0, 0.05) is 44.0 Å². The van der Waals surface area contributed by atoms with Gasteiger partial charge in [-0.05, 0) is 233 Å². The summed E-state index contributed by atoms with van der Waals surface area (Å²) < 4.78 is 100. The minimum atomic E-state index is -2.80. The third-order valence-corrected chi connectivity index (χ3v) is 23.9. The summed E-state index contributed by atoms with van der Waals surface area (Å²) in [6, 6.07) is 33.2. The second kappa shape index (κ2) is 51.1. The van der Waals surface area contributed by atoms with Crippen LogP contribution < -0.4 is 54.6 Å². The fourth-order valence-electron chi connectivity index (χ4n) is 14.0. The second-order valence-corrected chi connectivity index (χ2v) is 35.5. The van der Waals surface area contributed by atoms with Crippen molar-refractivity contribution >= 4 is 64.8 Å². The van der Waals surface area contributed by atoms with Crippen molar-refractivity contribution in [2.24, 2.45) is 23.5 Å². The molecule has 3 fully saturated rings. The van der Waals surface area contributed by atoms with E-state index in [-0.39, 0.29) is 64.7 Å². The lowest BCUT2D eigenvalue weighted by atomic mass is 9.83. The van der Waals surface area contributed by atoms with Gasteiger partial charge in [0.05, 0.1) is 41.3 Å². The molecule has 28 heteroatoms. The van der Waals surface area contributed by atoms with Gasteiger partial charge in [0.2, 0.25) is 13.1 Å². The van der Waals surface area contributed by atoms with Crippen LogP contribution in [0.5, 0.6) is 0 Å². The van der Waals surface area contributed by atoms with Crippen LogP contribution in [0.25, 0.3) is 9.69 Å². The number of benzene rings is 3. The fraction of sp³-hybridized carbons (Fsp3) is 0.593. The number of aromatic nitrogens is 6. The largest absolute Gasteiger partial charge is 1.00 e. The Kier molecular flexibility index (Phi) is 44.0. The third kappa shape index (κ3) is 35.2. The van der Waals surface area contributed by atoms with Gasteiger partial charge in [-0.3, -0.25) is 30.0 Å². The summed E-state index contributed by atoms with van der Waals surface area (Å²) in [6.07, 6.45) is 24.4. The first-order chi connectivity index (χ1) is 53.9. The summed E-state index contributed by atoms with van der Waals surface area (Å²) in [6.45, 7) is 33.1. The highest BCUT2D eigenvalue weighted by atomic mass is 79.9. The van der Waals surface area contributed by atoms with Gasteiger partial charge in [-0.25, -0.2) is 53.9 Å². The van der Waals surface area contributed by atoms with Crippen LogP contribution in [0.2, 0.25) is 0 Å². The van der Waals surface area contributed by atoms with Crippen molar-refractivity contribution in [3.63, 3.8) is 0 Å². The van der Waals surface area contributed by atoms with Crippen molar-refractivity contribution in [3.05, 3.63) is 162 Å².